The van der Waals surface area contributed by atoms with Crippen molar-refractivity contribution >= 4 is 39.9 Å². The Bertz CT molecular complexity index is 544. The van der Waals surface area contributed by atoms with Gasteiger partial charge >= 0.3 is 0 Å². The molecule has 0 aliphatic carbocycles. The summed E-state index contributed by atoms with van der Waals surface area (Å²) in [6.07, 6.45) is 3.22. The molecule has 1 aromatic rings. The first-order chi connectivity index (χ1) is 9.99. The Morgan fingerprint density at radius 3 is 2.67 bits per heavy atom. The van der Waals surface area contributed by atoms with Crippen molar-refractivity contribution in [3.05, 3.63) is 31.9 Å². The van der Waals surface area contributed by atoms with Crippen LogP contribution in [0.25, 0.3) is 0 Å². The summed E-state index contributed by atoms with van der Waals surface area (Å²) in [5.41, 5.74) is 0.387. The molecule has 1 fully saturated rings. The zero-order chi connectivity index (χ0) is 15.4. The Morgan fingerprint density at radius 2 is 2.05 bits per heavy atom. The molecular formula is C14H18IN3O3. The van der Waals surface area contributed by atoms with Gasteiger partial charge in [0.15, 0.2) is 0 Å². The summed E-state index contributed by atoms with van der Waals surface area (Å²) in [5.74, 6) is 0.00236. The number of nitro benzene ring substituents is 1. The molecule has 0 aromatic heterocycles. The molecule has 114 valence electrons. The smallest absolute Gasteiger partial charge is 0.293 e. The van der Waals surface area contributed by atoms with E-state index in [2.05, 4.69) is 5.32 Å². The van der Waals surface area contributed by atoms with Crippen LogP contribution in [0.5, 0.6) is 0 Å². The minimum atomic E-state index is -0.470. The van der Waals surface area contributed by atoms with Gasteiger partial charge in [-0.3, -0.25) is 14.9 Å². The first-order valence-electron chi connectivity index (χ1n) is 6.98. The monoisotopic (exact) mass is 403 g/mol. The number of halogens is 1. The van der Waals surface area contributed by atoms with Gasteiger partial charge in [-0.15, -0.1) is 0 Å². The summed E-state index contributed by atoms with van der Waals surface area (Å²) < 4.78 is 0.792. The number of rotatable bonds is 4. The number of nitro groups is 1. The number of amides is 1. The van der Waals surface area contributed by atoms with Gasteiger partial charge in [-0.25, -0.2) is 0 Å². The molecule has 1 atom stereocenters. The van der Waals surface area contributed by atoms with E-state index in [0.29, 0.717) is 5.69 Å². The fraction of sp³-hybridized carbons (Fsp3) is 0.500. The Hall–Kier alpha value is -1.38. The first-order valence-corrected chi connectivity index (χ1v) is 8.06. The van der Waals surface area contributed by atoms with Gasteiger partial charge in [-0.2, -0.15) is 0 Å². The van der Waals surface area contributed by atoms with Gasteiger partial charge < -0.3 is 10.2 Å². The van der Waals surface area contributed by atoms with Gasteiger partial charge in [0.1, 0.15) is 11.7 Å². The normalized spacial score (nSPS) is 16.4. The third kappa shape index (κ3) is 4.05. The van der Waals surface area contributed by atoms with Gasteiger partial charge in [0.25, 0.3) is 5.69 Å². The molecule has 1 N–H and O–H groups in total. The maximum atomic E-state index is 12.3. The van der Waals surface area contributed by atoms with E-state index in [1.807, 2.05) is 27.5 Å². The van der Waals surface area contributed by atoms with Crippen LogP contribution < -0.4 is 5.32 Å². The highest BCUT2D eigenvalue weighted by Gasteiger charge is 2.24. The number of likely N-dealkylation sites (tertiary alicyclic amines) is 1. The number of benzene rings is 1. The molecule has 1 aromatic carbocycles. The highest BCUT2D eigenvalue weighted by molar-refractivity contribution is 14.1. The Labute approximate surface area is 137 Å². The Kier molecular flexibility index (Phi) is 5.38. The third-order valence-corrected chi connectivity index (χ3v) is 4.24. The van der Waals surface area contributed by atoms with Crippen molar-refractivity contribution in [1.29, 1.82) is 0 Å². The lowest BCUT2D eigenvalue weighted by molar-refractivity contribution is -0.384. The number of piperidine rings is 1. The van der Waals surface area contributed by atoms with Gasteiger partial charge in [-0.1, -0.05) is 0 Å². The molecule has 1 saturated heterocycles. The molecule has 1 aliphatic rings. The second-order valence-electron chi connectivity index (χ2n) is 5.17. The van der Waals surface area contributed by atoms with Crippen LogP contribution in [0.1, 0.15) is 26.2 Å². The SMILES string of the molecule is CC(Nc1ccc(I)cc1[N+](=O)[O-])C(=O)N1CCCCC1. The van der Waals surface area contributed by atoms with Crippen LogP contribution in [0.2, 0.25) is 0 Å². The zero-order valence-corrected chi connectivity index (χ0v) is 14.0. The topological polar surface area (TPSA) is 75.5 Å². The fourth-order valence-corrected chi connectivity index (χ4v) is 2.94. The molecule has 1 unspecified atom stereocenters. The molecule has 0 bridgehead atoms. The summed E-state index contributed by atoms with van der Waals surface area (Å²) in [6.45, 7) is 3.30. The molecular weight excluding hydrogens is 385 g/mol. The lowest BCUT2D eigenvalue weighted by Crippen LogP contribution is -2.43. The molecule has 21 heavy (non-hydrogen) atoms. The summed E-state index contributed by atoms with van der Waals surface area (Å²) >= 11 is 2.03. The van der Waals surface area contributed by atoms with Crippen LogP contribution in [0.4, 0.5) is 11.4 Å². The van der Waals surface area contributed by atoms with Gasteiger partial charge in [0.05, 0.1) is 4.92 Å². The van der Waals surface area contributed by atoms with E-state index in [-0.39, 0.29) is 11.6 Å². The van der Waals surface area contributed by atoms with Crippen LogP contribution in [0.3, 0.4) is 0 Å². The number of carbonyl (C=O) groups excluding carboxylic acids is 1. The van der Waals surface area contributed by atoms with E-state index in [1.165, 1.54) is 6.07 Å². The molecule has 7 heteroatoms. The summed E-state index contributed by atoms with van der Waals surface area (Å²) in [5, 5.41) is 14.1. The lowest BCUT2D eigenvalue weighted by atomic mass is 10.1. The maximum Gasteiger partial charge on any atom is 0.293 e. The van der Waals surface area contributed by atoms with Crippen LogP contribution in [-0.4, -0.2) is 34.9 Å². The molecule has 0 saturated carbocycles. The predicted molar refractivity (Wildman–Crippen MR) is 89.3 cm³/mol. The molecule has 1 heterocycles. The van der Waals surface area contributed by atoms with Crippen LogP contribution in [0, 0.1) is 13.7 Å². The number of hydrogen-bond acceptors (Lipinski definition) is 4. The highest BCUT2D eigenvalue weighted by Crippen LogP contribution is 2.27. The van der Waals surface area contributed by atoms with E-state index < -0.39 is 11.0 Å². The number of nitrogens with zero attached hydrogens (tertiary/aromatic N) is 2. The molecule has 2 rings (SSSR count). The highest BCUT2D eigenvalue weighted by atomic mass is 127. The minimum absolute atomic E-state index is 0.000180. The standard InChI is InChI=1S/C14H18IN3O3/c1-10(14(19)17-7-3-2-4-8-17)16-12-6-5-11(15)9-13(12)18(20)21/h5-6,9-10,16H,2-4,7-8H2,1H3. The van der Waals surface area contributed by atoms with E-state index in [9.17, 15) is 14.9 Å². The van der Waals surface area contributed by atoms with Gasteiger partial charge in [0.2, 0.25) is 5.91 Å². The minimum Gasteiger partial charge on any atom is -0.368 e. The quantitative estimate of drug-likeness (QED) is 0.477. The Balaban J connectivity index is 2.10. The van der Waals surface area contributed by atoms with Crippen molar-refractivity contribution in [2.75, 3.05) is 18.4 Å². The average molecular weight is 403 g/mol. The maximum absolute atomic E-state index is 12.3. The first kappa shape index (κ1) is 16.0. The largest absolute Gasteiger partial charge is 0.368 e. The molecule has 1 aliphatic heterocycles. The fourth-order valence-electron chi connectivity index (χ4n) is 2.46. The van der Waals surface area contributed by atoms with E-state index >= 15 is 0 Å². The molecule has 6 nitrogen and oxygen atoms in total. The second kappa shape index (κ2) is 7.06. The Morgan fingerprint density at radius 1 is 1.38 bits per heavy atom. The van der Waals surface area contributed by atoms with E-state index in [4.69, 9.17) is 0 Å². The van der Waals surface area contributed by atoms with Crippen molar-refractivity contribution < 1.29 is 9.72 Å². The predicted octanol–water partition coefficient (Wildman–Crippen LogP) is 3.01. The van der Waals surface area contributed by atoms with Crippen molar-refractivity contribution in [3.63, 3.8) is 0 Å². The summed E-state index contributed by atoms with van der Waals surface area (Å²) in [7, 11) is 0. The number of anilines is 1. The molecule has 0 radical (unpaired) electrons. The number of nitrogens with one attached hydrogen (secondary N) is 1. The zero-order valence-electron chi connectivity index (χ0n) is 11.8. The van der Waals surface area contributed by atoms with Crippen molar-refractivity contribution in [1.82, 2.24) is 4.90 Å². The van der Waals surface area contributed by atoms with E-state index in [0.717, 1.165) is 35.9 Å². The lowest BCUT2D eigenvalue weighted by Gasteiger charge is -2.29. The van der Waals surface area contributed by atoms with Crippen molar-refractivity contribution in [2.45, 2.75) is 32.2 Å². The third-order valence-electron chi connectivity index (χ3n) is 3.57. The van der Waals surface area contributed by atoms with Crippen molar-refractivity contribution in [2.24, 2.45) is 0 Å². The van der Waals surface area contributed by atoms with Gasteiger partial charge in [0, 0.05) is 22.7 Å². The molecule has 0 spiro atoms. The average Bonchev–Trinajstić information content (AvgIpc) is 2.49. The van der Waals surface area contributed by atoms with Gasteiger partial charge in [-0.05, 0) is 60.9 Å². The number of hydrogen-bond donors (Lipinski definition) is 1. The van der Waals surface area contributed by atoms with Crippen molar-refractivity contribution in [3.8, 4) is 0 Å². The number of carbonyl (C=O) groups is 1. The summed E-state index contributed by atoms with van der Waals surface area (Å²) in [4.78, 5) is 24.8. The van der Waals surface area contributed by atoms with Crippen LogP contribution in [-0.2, 0) is 4.79 Å². The van der Waals surface area contributed by atoms with Crippen LogP contribution >= 0.6 is 22.6 Å². The molecule has 1 amide bonds. The van der Waals surface area contributed by atoms with Crippen LogP contribution in [0.15, 0.2) is 18.2 Å². The summed E-state index contributed by atoms with van der Waals surface area (Å²) in [6, 6.07) is 4.47. The van der Waals surface area contributed by atoms with E-state index in [1.54, 1.807) is 19.1 Å². The second-order valence-corrected chi connectivity index (χ2v) is 6.42.